The first kappa shape index (κ1) is 15.8. The summed E-state index contributed by atoms with van der Waals surface area (Å²) < 4.78 is 5.67. The minimum Gasteiger partial charge on any atom is -0.494 e. The van der Waals surface area contributed by atoms with Crippen LogP contribution in [0, 0.1) is 0 Å². The van der Waals surface area contributed by atoms with E-state index in [1.165, 1.54) is 5.56 Å². The zero-order valence-electron chi connectivity index (χ0n) is 11.9. The van der Waals surface area contributed by atoms with E-state index in [1.807, 2.05) is 12.1 Å². The molecule has 3 nitrogen and oxygen atoms in total. The summed E-state index contributed by atoms with van der Waals surface area (Å²) in [5.41, 5.74) is 1.26. The van der Waals surface area contributed by atoms with Gasteiger partial charge in [0.2, 0.25) is 5.91 Å². The minimum atomic E-state index is -0.466. The Hall–Kier alpha value is -1.22. The van der Waals surface area contributed by atoms with Gasteiger partial charge < -0.3 is 9.64 Å². The van der Waals surface area contributed by atoms with Crippen LogP contribution in [0.25, 0.3) is 0 Å². The van der Waals surface area contributed by atoms with Gasteiger partial charge in [-0.15, -0.1) is 11.6 Å². The normalized spacial score (nSPS) is 12.0. The third kappa shape index (κ3) is 5.52. The molecule has 0 aliphatic carbocycles. The molecule has 1 amide bonds. The molecule has 1 unspecified atom stereocenters. The first-order chi connectivity index (χ1) is 9.04. The average Bonchev–Trinajstić information content (AvgIpc) is 2.42. The van der Waals surface area contributed by atoms with Crippen LogP contribution in [-0.2, 0) is 11.2 Å². The lowest BCUT2D eigenvalue weighted by atomic mass is 10.2. The molecule has 1 aromatic rings. The second kappa shape index (κ2) is 8.05. The minimum absolute atomic E-state index is 0.0466. The van der Waals surface area contributed by atoms with E-state index in [0.29, 0.717) is 13.2 Å². The summed E-state index contributed by atoms with van der Waals surface area (Å²) in [6, 6.07) is 8.09. The molecule has 0 aliphatic rings. The van der Waals surface area contributed by atoms with Crippen molar-refractivity contribution in [2.45, 2.75) is 32.1 Å². The summed E-state index contributed by atoms with van der Waals surface area (Å²) in [6.07, 6.45) is 1.80. The van der Waals surface area contributed by atoms with Crippen LogP contribution in [0.2, 0.25) is 0 Å². The van der Waals surface area contributed by atoms with Crippen molar-refractivity contribution in [2.75, 3.05) is 20.2 Å². The highest BCUT2D eigenvalue weighted by Gasteiger charge is 2.13. The number of hydrogen-bond acceptors (Lipinski definition) is 2. The van der Waals surface area contributed by atoms with Crippen LogP contribution in [0.1, 0.15) is 25.8 Å². The molecule has 106 valence electrons. The second-order valence-electron chi connectivity index (χ2n) is 4.58. The Morgan fingerprint density at radius 1 is 1.47 bits per heavy atom. The predicted octanol–water partition coefficient (Wildman–Crippen LogP) is 3.10. The third-order valence-corrected chi connectivity index (χ3v) is 3.12. The molecule has 0 bridgehead atoms. The van der Waals surface area contributed by atoms with Gasteiger partial charge in [-0.1, -0.05) is 19.1 Å². The highest BCUT2D eigenvalue weighted by molar-refractivity contribution is 6.30. The van der Waals surface area contributed by atoms with E-state index in [2.05, 4.69) is 19.1 Å². The molecular formula is C15H22ClNO2. The summed E-state index contributed by atoms with van der Waals surface area (Å²) in [4.78, 5) is 13.2. The molecular weight excluding hydrogens is 262 g/mol. The van der Waals surface area contributed by atoms with Gasteiger partial charge in [-0.25, -0.2) is 0 Å². The monoisotopic (exact) mass is 283 g/mol. The Balaban J connectivity index is 2.29. The number of nitrogens with zero attached hydrogens (tertiary/aromatic N) is 1. The van der Waals surface area contributed by atoms with Gasteiger partial charge in [-0.2, -0.15) is 0 Å². The van der Waals surface area contributed by atoms with Crippen LogP contribution in [-0.4, -0.2) is 36.4 Å². The van der Waals surface area contributed by atoms with E-state index in [-0.39, 0.29) is 5.91 Å². The zero-order chi connectivity index (χ0) is 14.3. The van der Waals surface area contributed by atoms with E-state index in [0.717, 1.165) is 18.6 Å². The molecule has 0 aliphatic heterocycles. The topological polar surface area (TPSA) is 29.5 Å². The summed E-state index contributed by atoms with van der Waals surface area (Å²) in [7, 11) is 1.76. The maximum Gasteiger partial charge on any atom is 0.240 e. The lowest BCUT2D eigenvalue weighted by Gasteiger charge is -2.18. The number of carbonyl (C=O) groups is 1. The highest BCUT2D eigenvalue weighted by atomic mass is 35.5. The number of hydrogen-bond donors (Lipinski definition) is 0. The van der Waals surface area contributed by atoms with E-state index < -0.39 is 5.38 Å². The van der Waals surface area contributed by atoms with Gasteiger partial charge in [0.05, 0.1) is 6.61 Å². The molecule has 0 saturated carbocycles. The molecule has 0 saturated heterocycles. The van der Waals surface area contributed by atoms with Gasteiger partial charge in [0.1, 0.15) is 11.1 Å². The van der Waals surface area contributed by atoms with Crippen LogP contribution >= 0.6 is 11.6 Å². The Bertz CT molecular complexity index is 407. The van der Waals surface area contributed by atoms with Crippen LogP contribution in [0.3, 0.4) is 0 Å². The number of halogens is 1. The van der Waals surface area contributed by atoms with Gasteiger partial charge in [-0.05, 0) is 37.5 Å². The van der Waals surface area contributed by atoms with Crippen molar-refractivity contribution in [1.29, 1.82) is 0 Å². The summed E-state index contributed by atoms with van der Waals surface area (Å²) in [6.45, 7) is 5.06. The van der Waals surface area contributed by atoms with Crippen molar-refractivity contribution in [3.63, 3.8) is 0 Å². The number of alkyl halides is 1. The average molecular weight is 284 g/mol. The van der Waals surface area contributed by atoms with E-state index >= 15 is 0 Å². The first-order valence-electron chi connectivity index (χ1n) is 6.65. The summed E-state index contributed by atoms with van der Waals surface area (Å²) in [5.74, 6) is 0.841. The smallest absolute Gasteiger partial charge is 0.240 e. The maximum atomic E-state index is 11.5. The Labute approximate surface area is 120 Å². The number of amides is 1. The van der Waals surface area contributed by atoms with Crippen molar-refractivity contribution in [2.24, 2.45) is 0 Å². The molecule has 0 radical (unpaired) electrons. The van der Waals surface area contributed by atoms with Gasteiger partial charge in [-0.3, -0.25) is 4.79 Å². The fourth-order valence-corrected chi connectivity index (χ4v) is 1.93. The van der Waals surface area contributed by atoms with E-state index in [9.17, 15) is 4.79 Å². The molecule has 0 N–H and O–H groups in total. The SMILES string of the molecule is CCc1cccc(OCCCN(C)C(=O)C(C)Cl)c1. The number of aryl methyl sites for hydroxylation is 1. The second-order valence-corrected chi connectivity index (χ2v) is 5.23. The molecule has 0 aromatic heterocycles. The maximum absolute atomic E-state index is 11.5. The Morgan fingerprint density at radius 3 is 2.84 bits per heavy atom. The van der Waals surface area contributed by atoms with E-state index in [4.69, 9.17) is 16.3 Å². The molecule has 1 atom stereocenters. The van der Waals surface area contributed by atoms with Gasteiger partial charge in [0.25, 0.3) is 0 Å². The van der Waals surface area contributed by atoms with Crippen molar-refractivity contribution >= 4 is 17.5 Å². The number of benzene rings is 1. The fourth-order valence-electron chi connectivity index (χ4n) is 1.76. The molecule has 19 heavy (non-hydrogen) atoms. The predicted molar refractivity (Wildman–Crippen MR) is 78.9 cm³/mol. The number of rotatable bonds is 7. The lowest BCUT2D eigenvalue weighted by Crippen LogP contribution is -2.33. The van der Waals surface area contributed by atoms with Crippen LogP contribution < -0.4 is 4.74 Å². The molecule has 4 heteroatoms. The van der Waals surface area contributed by atoms with Gasteiger partial charge >= 0.3 is 0 Å². The highest BCUT2D eigenvalue weighted by Crippen LogP contribution is 2.13. The third-order valence-electron chi connectivity index (χ3n) is 2.93. The van der Waals surface area contributed by atoms with Gasteiger partial charge in [0.15, 0.2) is 0 Å². The van der Waals surface area contributed by atoms with Gasteiger partial charge in [0, 0.05) is 13.6 Å². The Morgan fingerprint density at radius 2 is 2.21 bits per heavy atom. The quantitative estimate of drug-likeness (QED) is 0.568. The lowest BCUT2D eigenvalue weighted by molar-refractivity contribution is -0.129. The van der Waals surface area contributed by atoms with Crippen LogP contribution in [0.15, 0.2) is 24.3 Å². The van der Waals surface area contributed by atoms with E-state index in [1.54, 1.807) is 18.9 Å². The standard InChI is InChI=1S/C15H22ClNO2/c1-4-13-7-5-8-14(11-13)19-10-6-9-17(3)15(18)12(2)16/h5,7-8,11-12H,4,6,9-10H2,1-3H3. The van der Waals surface area contributed by atoms with Crippen molar-refractivity contribution < 1.29 is 9.53 Å². The van der Waals surface area contributed by atoms with Crippen LogP contribution in [0.5, 0.6) is 5.75 Å². The zero-order valence-corrected chi connectivity index (χ0v) is 12.6. The molecule has 0 heterocycles. The molecule has 0 spiro atoms. The van der Waals surface area contributed by atoms with Crippen molar-refractivity contribution in [3.8, 4) is 5.75 Å². The summed E-state index contributed by atoms with van der Waals surface area (Å²) in [5, 5.41) is -0.466. The largest absolute Gasteiger partial charge is 0.494 e. The first-order valence-corrected chi connectivity index (χ1v) is 7.09. The summed E-state index contributed by atoms with van der Waals surface area (Å²) >= 11 is 5.74. The molecule has 1 rings (SSSR count). The molecule has 1 aromatic carbocycles. The fraction of sp³-hybridized carbons (Fsp3) is 0.533. The number of carbonyl (C=O) groups excluding carboxylic acids is 1. The van der Waals surface area contributed by atoms with Crippen molar-refractivity contribution in [3.05, 3.63) is 29.8 Å². The Kier molecular flexibility index (Phi) is 6.71. The molecule has 0 fully saturated rings. The van der Waals surface area contributed by atoms with Crippen molar-refractivity contribution in [1.82, 2.24) is 4.90 Å². The number of ether oxygens (including phenoxy) is 1. The van der Waals surface area contributed by atoms with Crippen LogP contribution in [0.4, 0.5) is 0 Å².